The summed E-state index contributed by atoms with van der Waals surface area (Å²) in [6, 6.07) is 18.1. The minimum Gasteiger partial charge on any atom is -0.390 e. The number of hydrogen-bond donors (Lipinski definition) is 1. The van der Waals surface area contributed by atoms with E-state index in [9.17, 15) is 9.90 Å². The van der Waals surface area contributed by atoms with E-state index in [2.05, 4.69) is 31.9 Å². The second kappa shape index (κ2) is 10.9. The first-order chi connectivity index (χ1) is 15.7. The SMILES string of the molecule is C=C(C)CCC(C(=C)CCCC(C)(O)CCc1ccccc1)C1C(=C)c2ccccc2C1=O. The maximum atomic E-state index is 13.3. The van der Waals surface area contributed by atoms with Gasteiger partial charge in [0.05, 0.1) is 11.5 Å². The van der Waals surface area contributed by atoms with Gasteiger partial charge < -0.3 is 5.11 Å². The lowest BCUT2D eigenvalue weighted by Gasteiger charge is -2.28. The number of Topliss-reactive ketones (excluding diaryl/α,β-unsaturated/α-hetero) is 1. The molecule has 0 saturated carbocycles. The summed E-state index contributed by atoms with van der Waals surface area (Å²) in [5.41, 5.74) is 5.41. The summed E-state index contributed by atoms with van der Waals surface area (Å²) in [6.07, 6.45) is 5.68. The zero-order valence-corrected chi connectivity index (χ0v) is 20.3. The number of hydrogen-bond acceptors (Lipinski definition) is 2. The minimum absolute atomic E-state index is 0.0448. The maximum absolute atomic E-state index is 13.3. The molecular weight excluding hydrogens is 404 g/mol. The first kappa shape index (κ1) is 24.9. The van der Waals surface area contributed by atoms with Crippen LogP contribution in [0.2, 0.25) is 0 Å². The molecule has 0 radical (unpaired) electrons. The predicted molar refractivity (Wildman–Crippen MR) is 139 cm³/mol. The monoisotopic (exact) mass is 442 g/mol. The Kier molecular flexibility index (Phi) is 8.26. The number of fused-ring (bicyclic) bond motifs is 1. The number of rotatable bonds is 12. The maximum Gasteiger partial charge on any atom is 0.171 e. The van der Waals surface area contributed by atoms with E-state index in [-0.39, 0.29) is 17.6 Å². The van der Waals surface area contributed by atoms with Crippen LogP contribution in [0, 0.1) is 11.8 Å². The van der Waals surface area contributed by atoms with Crippen molar-refractivity contribution in [2.45, 2.75) is 64.4 Å². The van der Waals surface area contributed by atoms with Crippen molar-refractivity contribution in [2.24, 2.45) is 11.8 Å². The number of aliphatic hydroxyl groups is 1. The van der Waals surface area contributed by atoms with Gasteiger partial charge in [-0.25, -0.2) is 0 Å². The van der Waals surface area contributed by atoms with Crippen LogP contribution in [0.1, 0.15) is 73.9 Å². The van der Waals surface area contributed by atoms with Gasteiger partial charge in [-0.1, -0.05) is 78.9 Å². The Morgan fingerprint density at radius 1 is 1.00 bits per heavy atom. The summed E-state index contributed by atoms with van der Waals surface area (Å²) < 4.78 is 0. The van der Waals surface area contributed by atoms with Gasteiger partial charge in [0.25, 0.3) is 0 Å². The van der Waals surface area contributed by atoms with Crippen LogP contribution in [0.4, 0.5) is 0 Å². The second-order valence-corrected chi connectivity index (χ2v) is 10.0. The van der Waals surface area contributed by atoms with E-state index < -0.39 is 5.60 Å². The van der Waals surface area contributed by atoms with Crippen LogP contribution in [-0.2, 0) is 6.42 Å². The van der Waals surface area contributed by atoms with E-state index in [4.69, 9.17) is 0 Å². The molecule has 1 aliphatic carbocycles. The van der Waals surface area contributed by atoms with Crippen LogP contribution in [0.15, 0.2) is 85.5 Å². The topological polar surface area (TPSA) is 37.3 Å². The molecule has 0 aromatic heterocycles. The van der Waals surface area contributed by atoms with E-state index >= 15 is 0 Å². The minimum atomic E-state index is -0.716. The van der Waals surface area contributed by atoms with Gasteiger partial charge in [0.1, 0.15) is 0 Å². The lowest BCUT2D eigenvalue weighted by molar-refractivity contribution is 0.0401. The molecule has 174 valence electrons. The van der Waals surface area contributed by atoms with E-state index in [0.29, 0.717) is 6.42 Å². The van der Waals surface area contributed by atoms with Crippen molar-refractivity contribution >= 4 is 11.4 Å². The summed E-state index contributed by atoms with van der Waals surface area (Å²) in [5.74, 6) is -0.0328. The fourth-order valence-electron chi connectivity index (χ4n) is 4.97. The van der Waals surface area contributed by atoms with Crippen LogP contribution in [0.25, 0.3) is 5.57 Å². The molecule has 2 aromatic carbocycles. The van der Waals surface area contributed by atoms with E-state index in [1.54, 1.807) is 0 Å². The highest BCUT2D eigenvalue weighted by Crippen LogP contribution is 2.44. The van der Waals surface area contributed by atoms with Gasteiger partial charge in [0.15, 0.2) is 5.78 Å². The molecule has 1 N–H and O–H groups in total. The summed E-state index contributed by atoms with van der Waals surface area (Å²) in [4.78, 5) is 13.3. The third-order valence-electron chi connectivity index (χ3n) is 7.01. The average molecular weight is 443 g/mol. The largest absolute Gasteiger partial charge is 0.390 e. The highest BCUT2D eigenvalue weighted by molar-refractivity contribution is 6.13. The third kappa shape index (κ3) is 6.42. The van der Waals surface area contributed by atoms with Crippen LogP contribution in [0.3, 0.4) is 0 Å². The predicted octanol–water partition coefficient (Wildman–Crippen LogP) is 7.60. The molecule has 3 atom stereocenters. The van der Waals surface area contributed by atoms with Gasteiger partial charge in [0.2, 0.25) is 0 Å². The third-order valence-corrected chi connectivity index (χ3v) is 7.01. The zero-order valence-electron chi connectivity index (χ0n) is 20.3. The number of carbonyl (C=O) groups is 1. The summed E-state index contributed by atoms with van der Waals surface area (Å²) in [5, 5.41) is 10.9. The van der Waals surface area contributed by atoms with Crippen molar-refractivity contribution in [3.63, 3.8) is 0 Å². The molecular formula is C31H38O2. The first-order valence-corrected chi connectivity index (χ1v) is 12.1. The van der Waals surface area contributed by atoms with Gasteiger partial charge in [-0.2, -0.15) is 0 Å². The molecule has 3 unspecified atom stereocenters. The summed E-state index contributed by atoms with van der Waals surface area (Å²) in [7, 11) is 0. The Bertz CT molecular complexity index is 977. The van der Waals surface area contributed by atoms with Gasteiger partial charge >= 0.3 is 0 Å². The van der Waals surface area contributed by atoms with Crippen molar-refractivity contribution in [1.29, 1.82) is 0 Å². The quantitative estimate of drug-likeness (QED) is 0.344. The Morgan fingerprint density at radius 3 is 2.27 bits per heavy atom. The molecule has 0 saturated heterocycles. The van der Waals surface area contributed by atoms with Crippen LogP contribution in [0.5, 0.6) is 0 Å². The first-order valence-electron chi connectivity index (χ1n) is 12.1. The number of carbonyl (C=O) groups excluding carboxylic acids is 1. The Hall–Kier alpha value is -2.71. The lowest BCUT2D eigenvalue weighted by Crippen LogP contribution is -2.25. The molecule has 0 bridgehead atoms. The Balaban J connectivity index is 1.62. The van der Waals surface area contributed by atoms with E-state index in [0.717, 1.165) is 66.4 Å². The van der Waals surface area contributed by atoms with Crippen molar-refractivity contribution in [1.82, 2.24) is 0 Å². The van der Waals surface area contributed by atoms with Gasteiger partial charge in [-0.05, 0) is 81.4 Å². The Morgan fingerprint density at radius 2 is 1.64 bits per heavy atom. The summed E-state index contributed by atoms with van der Waals surface area (Å²) in [6.45, 7) is 16.7. The average Bonchev–Trinajstić information content (AvgIpc) is 3.04. The fourth-order valence-corrected chi connectivity index (χ4v) is 4.97. The fraction of sp³-hybridized carbons (Fsp3) is 0.387. The number of aryl methyl sites for hydroxylation is 1. The molecule has 33 heavy (non-hydrogen) atoms. The van der Waals surface area contributed by atoms with Crippen LogP contribution < -0.4 is 0 Å². The molecule has 1 aliphatic rings. The highest BCUT2D eigenvalue weighted by Gasteiger charge is 2.39. The molecule has 2 nitrogen and oxygen atoms in total. The molecule has 3 rings (SSSR count). The van der Waals surface area contributed by atoms with Crippen molar-refractivity contribution < 1.29 is 9.90 Å². The number of allylic oxidation sites excluding steroid dienone is 3. The molecule has 0 aliphatic heterocycles. The molecule has 0 spiro atoms. The van der Waals surface area contributed by atoms with Crippen molar-refractivity contribution in [3.8, 4) is 0 Å². The van der Waals surface area contributed by atoms with E-state index in [1.807, 2.05) is 56.3 Å². The molecule has 0 amide bonds. The molecule has 0 fully saturated rings. The molecule has 0 heterocycles. The standard InChI is InChI=1S/C31H38O2/c1-22(2)17-18-26(29-24(4)27-15-9-10-16-28(27)30(29)32)23(3)12-11-20-31(5,33)21-19-25-13-7-6-8-14-25/h6-10,13-16,26,29,33H,1,3-4,11-12,17-21H2,2,5H3. The molecule has 2 aromatic rings. The highest BCUT2D eigenvalue weighted by atomic mass is 16.3. The van der Waals surface area contributed by atoms with Gasteiger partial charge in [-0.3, -0.25) is 4.79 Å². The van der Waals surface area contributed by atoms with Gasteiger partial charge in [-0.15, -0.1) is 6.58 Å². The zero-order chi connectivity index (χ0) is 24.0. The molecule has 2 heteroatoms. The van der Waals surface area contributed by atoms with Crippen molar-refractivity contribution in [2.75, 3.05) is 0 Å². The number of benzene rings is 2. The normalized spacial score (nSPS) is 18.0. The van der Waals surface area contributed by atoms with Gasteiger partial charge in [0, 0.05) is 5.56 Å². The Labute approximate surface area is 199 Å². The van der Waals surface area contributed by atoms with Crippen LogP contribution >= 0.6 is 0 Å². The smallest absolute Gasteiger partial charge is 0.171 e. The summed E-state index contributed by atoms with van der Waals surface area (Å²) >= 11 is 0. The van der Waals surface area contributed by atoms with Crippen LogP contribution in [-0.4, -0.2) is 16.5 Å². The van der Waals surface area contributed by atoms with E-state index in [1.165, 1.54) is 5.56 Å². The number of ketones is 1. The lowest BCUT2D eigenvalue weighted by atomic mass is 9.76. The second-order valence-electron chi connectivity index (χ2n) is 10.0. The van der Waals surface area contributed by atoms with Crippen molar-refractivity contribution in [3.05, 3.63) is 102 Å².